The monoisotopic (exact) mass is 475 g/mol. The van der Waals surface area contributed by atoms with E-state index in [-0.39, 0.29) is 29.7 Å². The molecule has 172 valence electrons. The number of nitrogens with zero attached hydrogens (tertiary/aromatic N) is 2. The Labute approximate surface area is 222 Å². The lowest BCUT2D eigenvalue weighted by atomic mass is 9.91. The van der Waals surface area contributed by atoms with Gasteiger partial charge in [-0.25, -0.2) is 0 Å². The highest BCUT2D eigenvalue weighted by molar-refractivity contribution is 6.24. The van der Waals surface area contributed by atoms with E-state index in [1.165, 1.54) is 0 Å². The zero-order valence-corrected chi connectivity index (χ0v) is 19.7. The molecule has 0 aliphatic heterocycles. The number of hydrogen-bond acceptors (Lipinski definition) is 2. The molecule has 0 bridgehead atoms. The maximum Gasteiger partial charge on any atom is 0.0991 e. The Kier molecular flexibility index (Phi) is 3.80. The summed E-state index contributed by atoms with van der Waals surface area (Å²) in [6.07, 6.45) is 0. The van der Waals surface area contributed by atoms with Crippen LogP contribution in [0.1, 0.15) is 12.4 Å². The molecule has 0 atom stereocenters. The van der Waals surface area contributed by atoms with E-state index >= 15 is 0 Å². The van der Waals surface area contributed by atoms with Gasteiger partial charge in [0.2, 0.25) is 0 Å². The molecule has 2 nitrogen and oxygen atoms in total. The van der Waals surface area contributed by atoms with Crippen molar-refractivity contribution in [3.8, 4) is 17.2 Å². The van der Waals surface area contributed by atoms with Crippen molar-refractivity contribution in [3.63, 3.8) is 0 Å². The van der Waals surface area contributed by atoms with Gasteiger partial charge in [-0.05, 0) is 104 Å². The predicted octanol–water partition coefficient (Wildman–Crippen LogP) is 9.59. The topological polar surface area (TPSA) is 27.0 Å². The minimum absolute atomic E-state index is 0.203. The lowest BCUT2D eigenvalue weighted by Crippen LogP contribution is -2.10. The fourth-order valence-electron chi connectivity index (χ4n) is 5.20. The van der Waals surface area contributed by atoms with Crippen LogP contribution in [0.4, 0.5) is 17.1 Å². The van der Waals surface area contributed by atoms with Crippen LogP contribution in [-0.2, 0) is 0 Å². The van der Waals surface area contributed by atoms with Gasteiger partial charge >= 0.3 is 0 Å². The molecule has 0 aliphatic rings. The van der Waals surface area contributed by atoms with E-state index in [0.29, 0.717) is 11.1 Å². The smallest absolute Gasteiger partial charge is 0.0991 e. The molecule has 0 fully saturated rings. The number of hydrogen-bond donors (Lipinski definition) is 0. The molecule has 2 heteroatoms. The quantitative estimate of drug-likeness (QED) is 0.237. The standard InChI is InChI=1S/C35H22N2/c36-23-24-11-17-32(18-12-24)37(31-9-5-2-6-10-31)33-21-28-15-13-26-19-30(25-7-3-1-4-8-25)20-27-14-16-29(22-33)35(28)34(26)27/h1-22H/i1D,3D,4D,7D,8D. The Bertz CT molecular complexity index is 2110. The van der Waals surface area contributed by atoms with Crippen molar-refractivity contribution in [2.24, 2.45) is 0 Å². The SMILES string of the molecule is [2H]c1c([2H])c([2H])c(-c2cc3ccc4cc(N(c5ccccc5)c5ccc(C#N)cc5)cc5ccc(c2)c3c45)c([2H])c1[2H]. The van der Waals surface area contributed by atoms with Crippen LogP contribution in [0.15, 0.2) is 133 Å². The highest BCUT2D eigenvalue weighted by Crippen LogP contribution is 2.42. The van der Waals surface area contributed by atoms with Gasteiger partial charge in [0.1, 0.15) is 0 Å². The van der Waals surface area contributed by atoms with Crippen molar-refractivity contribution >= 4 is 49.4 Å². The van der Waals surface area contributed by atoms with Crippen LogP contribution in [0.25, 0.3) is 43.4 Å². The van der Waals surface area contributed by atoms with Gasteiger partial charge in [-0.3, -0.25) is 0 Å². The van der Waals surface area contributed by atoms with Gasteiger partial charge in [-0.15, -0.1) is 0 Å². The Hall–Kier alpha value is -5.13. The molecule has 0 unspecified atom stereocenters. The third-order valence-corrected chi connectivity index (χ3v) is 6.83. The normalized spacial score (nSPS) is 13.1. The summed E-state index contributed by atoms with van der Waals surface area (Å²) >= 11 is 0. The van der Waals surface area contributed by atoms with E-state index in [0.717, 1.165) is 49.4 Å². The minimum Gasteiger partial charge on any atom is -0.310 e. The van der Waals surface area contributed by atoms with Crippen LogP contribution in [0.2, 0.25) is 0 Å². The molecule has 7 rings (SSSR count). The van der Waals surface area contributed by atoms with E-state index in [4.69, 9.17) is 6.85 Å². The van der Waals surface area contributed by atoms with Gasteiger partial charge in [0, 0.05) is 17.1 Å². The largest absolute Gasteiger partial charge is 0.310 e. The lowest BCUT2D eigenvalue weighted by Gasteiger charge is -2.26. The van der Waals surface area contributed by atoms with Gasteiger partial charge < -0.3 is 4.90 Å². The van der Waals surface area contributed by atoms with E-state index in [1.54, 1.807) is 0 Å². The van der Waals surface area contributed by atoms with Gasteiger partial charge in [-0.1, -0.05) is 72.7 Å². The highest BCUT2D eigenvalue weighted by Gasteiger charge is 2.16. The molecule has 0 N–H and O–H groups in total. The number of nitriles is 1. The van der Waals surface area contributed by atoms with Crippen molar-refractivity contribution in [1.29, 1.82) is 5.26 Å². The second-order valence-electron chi connectivity index (χ2n) is 9.03. The van der Waals surface area contributed by atoms with Crippen LogP contribution in [0, 0.1) is 11.3 Å². The van der Waals surface area contributed by atoms with Crippen LogP contribution < -0.4 is 4.90 Å². The predicted molar refractivity (Wildman–Crippen MR) is 155 cm³/mol. The maximum absolute atomic E-state index is 9.31. The molecule has 7 aromatic carbocycles. The first-order chi connectivity index (χ1) is 20.4. The molecular weight excluding hydrogens is 448 g/mol. The maximum atomic E-state index is 9.31. The van der Waals surface area contributed by atoms with Crippen molar-refractivity contribution in [3.05, 3.63) is 139 Å². The van der Waals surface area contributed by atoms with E-state index < -0.39 is 6.04 Å². The summed E-state index contributed by atoms with van der Waals surface area (Å²) < 4.78 is 41.1. The molecule has 0 saturated carbocycles. The highest BCUT2D eigenvalue weighted by atomic mass is 15.1. The number of para-hydroxylation sites is 1. The first-order valence-electron chi connectivity index (χ1n) is 14.5. The second kappa shape index (κ2) is 8.52. The Morgan fingerprint density at radius 2 is 1.08 bits per heavy atom. The van der Waals surface area contributed by atoms with Gasteiger partial charge in [0.15, 0.2) is 0 Å². The van der Waals surface area contributed by atoms with Crippen LogP contribution >= 0.6 is 0 Å². The Morgan fingerprint density at radius 3 is 1.65 bits per heavy atom. The van der Waals surface area contributed by atoms with Gasteiger partial charge in [-0.2, -0.15) is 5.26 Å². The average Bonchev–Trinajstić information content (AvgIpc) is 3.02. The molecule has 0 saturated heterocycles. The third kappa shape index (κ3) is 3.57. The van der Waals surface area contributed by atoms with Crippen molar-refractivity contribution in [2.45, 2.75) is 0 Å². The second-order valence-corrected chi connectivity index (χ2v) is 9.03. The fourth-order valence-corrected chi connectivity index (χ4v) is 5.20. The zero-order chi connectivity index (χ0) is 29.1. The molecule has 37 heavy (non-hydrogen) atoms. The number of rotatable bonds is 4. The Morgan fingerprint density at radius 1 is 0.541 bits per heavy atom. The molecular formula is C35H22N2. The minimum atomic E-state index is -0.396. The van der Waals surface area contributed by atoms with E-state index in [2.05, 4.69) is 47.4 Å². The van der Waals surface area contributed by atoms with Gasteiger partial charge in [0.05, 0.1) is 18.5 Å². The van der Waals surface area contributed by atoms with Crippen LogP contribution in [-0.4, -0.2) is 0 Å². The molecule has 0 amide bonds. The first kappa shape index (κ1) is 16.5. The summed E-state index contributed by atoms with van der Waals surface area (Å²) in [6, 6.07) is 34.7. The summed E-state index contributed by atoms with van der Waals surface area (Å²) in [5, 5.41) is 15.5. The fraction of sp³-hybridized carbons (Fsp3) is 0. The summed E-state index contributed by atoms with van der Waals surface area (Å²) in [5.41, 5.74) is 4.32. The van der Waals surface area contributed by atoms with Crippen LogP contribution in [0.5, 0.6) is 0 Å². The molecule has 0 heterocycles. The number of benzene rings is 7. The molecule has 0 radical (unpaired) electrons. The van der Waals surface area contributed by atoms with E-state index in [1.807, 2.05) is 66.7 Å². The molecule has 0 aromatic heterocycles. The summed E-state index contributed by atoms with van der Waals surface area (Å²) in [5.74, 6) is 0. The van der Waals surface area contributed by atoms with Crippen molar-refractivity contribution in [2.75, 3.05) is 4.90 Å². The molecule has 7 aromatic rings. The average molecular weight is 476 g/mol. The third-order valence-electron chi connectivity index (χ3n) is 6.83. The van der Waals surface area contributed by atoms with Gasteiger partial charge in [0.25, 0.3) is 0 Å². The summed E-state index contributed by atoms with van der Waals surface area (Å²) in [6.45, 7) is 0. The van der Waals surface area contributed by atoms with Crippen molar-refractivity contribution < 1.29 is 6.85 Å². The molecule has 0 spiro atoms. The summed E-state index contributed by atoms with van der Waals surface area (Å²) in [7, 11) is 0. The van der Waals surface area contributed by atoms with E-state index in [9.17, 15) is 5.26 Å². The first-order valence-corrected chi connectivity index (χ1v) is 12.0. The summed E-state index contributed by atoms with van der Waals surface area (Å²) in [4.78, 5) is 2.17. The Balaban J connectivity index is 1.44. The van der Waals surface area contributed by atoms with Crippen LogP contribution in [0.3, 0.4) is 0 Å². The molecule has 0 aliphatic carbocycles. The lowest BCUT2D eigenvalue weighted by molar-refractivity contribution is 1.29. The number of anilines is 3. The van der Waals surface area contributed by atoms with Crippen molar-refractivity contribution in [1.82, 2.24) is 0 Å². The zero-order valence-electron chi connectivity index (χ0n) is 24.7.